The summed E-state index contributed by atoms with van der Waals surface area (Å²) in [5.74, 6) is 0. The number of ether oxygens (including phenoxy) is 1. The molecule has 1 aromatic heterocycles. The highest BCUT2D eigenvalue weighted by Gasteiger charge is 2.09. The Morgan fingerprint density at radius 3 is 2.71 bits per heavy atom. The summed E-state index contributed by atoms with van der Waals surface area (Å²) in [6.45, 7) is 7.21. The Morgan fingerprint density at radius 2 is 2.06 bits per heavy atom. The third-order valence-electron chi connectivity index (χ3n) is 2.54. The molecule has 0 saturated heterocycles. The van der Waals surface area contributed by atoms with Crippen LogP contribution in [0.5, 0.6) is 0 Å². The SMILES string of the molecule is CCCNCc1sc(CCOC)nc1CCC. The molecule has 0 atom stereocenters. The van der Waals surface area contributed by atoms with Crippen LogP contribution in [0.15, 0.2) is 0 Å². The summed E-state index contributed by atoms with van der Waals surface area (Å²) < 4.78 is 5.10. The van der Waals surface area contributed by atoms with Gasteiger partial charge in [-0.15, -0.1) is 11.3 Å². The Morgan fingerprint density at radius 1 is 1.24 bits per heavy atom. The highest BCUT2D eigenvalue weighted by molar-refractivity contribution is 7.11. The average molecular weight is 256 g/mol. The molecule has 98 valence electrons. The monoisotopic (exact) mass is 256 g/mol. The Bertz CT molecular complexity index is 312. The van der Waals surface area contributed by atoms with Crippen LogP contribution in [-0.2, 0) is 24.1 Å². The average Bonchev–Trinajstić information content (AvgIpc) is 2.70. The van der Waals surface area contributed by atoms with Gasteiger partial charge in [0.2, 0.25) is 0 Å². The molecule has 0 unspecified atom stereocenters. The fourth-order valence-corrected chi connectivity index (χ4v) is 2.75. The van der Waals surface area contributed by atoms with E-state index in [2.05, 4.69) is 19.2 Å². The van der Waals surface area contributed by atoms with Gasteiger partial charge in [-0.3, -0.25) is 0 Å². The summed E-state index contributed by atoms with van der Waals surface area (Å²) in [6.07, 6.45) is 4.37. The summed E-state index contributed by atoms with van der Waals surface area (Å²) in [5, 5.41) is 4.67. The van der Waals surface area contributed by atoms with E-state index < -0.39 is 0 Å². The molecular formula is C13H24N2OS. The first-order chi connectivity index (χ1) is 8.31. The summed E-state index contributed by atoms with van der Waals surface area (Å²) in [5.41, 5.74) is 1.28. The van der Waals surface area contributed by atoms with Crippen LogP contribution < -0.4 is 5.32 Å². The van der Waals surface area contributed by atoms with E-state index in [1.54, 1.807) is 7.11 Å². The minimum Gasteiger partial charge on any atom is -0.384 e. The number of nitrogens with one attached hydrogen (secondary N) is 1. The lowest BCUT2D eigenvalue weighted by Gasteiger charge is -2.02. The van der Waals surface area contributed by atoms with E-state index in [1.807, 2.05) is 11.3 Å². The molecule has 1 heterocycles. The van der Waals surface area contributed by atoms with Gasteiger partial charge >= 0.3 is 0 Å². The van der Waals surface area contributed by atoms with E-state index in [0.29, 0.717) is 0 Å². The van der Waals surface area contributed by atoms with Gasteiger partial charge in [-0.25, -0.2) is 4.98 Å². The van der Waals surface area contributed by atoms with Crippen LogP contribution in [-0.4, -0.2) is 25.2 Å². The smallest absolute Gasteiger partial charge is 0.0954 e. The normalized spacial score (nSPS) is 11.0. The number of hydrogen-bond donors (Lipinski definition) is 1. The van der Waals surface area contributed by atoms with Crippen molar-refractivity contribution in [1.29, 1.82) is 0 Å². The van der Waals surface area contributed by atoms with Gasteiger partial charge in [0.1, 0.15) is 0 Å². The highest BCUT2D eigenvalue weighted by atomic mass is 32.1. The van der Waals surface area contributed by atoms with E-state index in [0.717, 1.165) is 39.0 Å². The lowest BCUT2D eigenvalue weighted by molar-refractivity contribution is 0.202. The maximum atomic E-state index is 5.10. The van der Waals surface area contributed by atoms with Crippen LogP contribution in [0.3, 0.4) is 0 Å². The zero-order valence-corrected chi connectivity index (χ0v) is 12.0. The van der Waals surface area contributed by atoms with E-state index >= 15 is 0 Å². The van der Waals surface area contributed by atoms with E-state index in [1.165, 1.54) is 22.0 Å². The molecule has 1 rings (SSSR count). The Kier molecular flexibility index (Phi) is 7.40. The molecule has 0 fully saturated rings. The number of rotatable bonds is 9. The van der Waals surface area contributed by atoms with E-state index in [-0.39, 0.29) is 0 Å². The van der Waals surface area contributed by atoms with Gasteiger partial charge in [0.25, 0.3) is 0 Å². The van der Waals surface area contributed by atoms with Gasteiger partial charge in [-0.2, -0.15) is 0 Å². The van der Waals surface area contributed by atoms with Gasteiger partial charge in [0, 0.05) is 25.0 Å². The molecule has 0 aliphatic rings. The largest absolute Gasteiger partial charge is 0.384 e. The Balaban J connectivity index is 2.60. The molecule has 0 spiro atoms. The zero-order valence-electron chi connectivity index (χ0n) is 11.2. The third kappa shape index (κ3) is 5.15. The topological polar surface area (TPSA) is 34.1 Å². The van der Waals surface area contributed by atoms with Crippen LogP contribution >= 0.6 is 11.3 Å². The summed E-state index contributed by atoms with van der Waals surface area (Å²) in [6, 6.07) is 0. The zero-order chi connectivity index (χ0) is 12.5. The van der Waals surface area contributed by atoms with Crippen molar-refractivity contribution in [2.24, 2.45) is 0 Å². The van der Waals surface area contributed by atoms with Crippen molar-refractivity contribution in [3.05, 3.63) is 15.6 Å². The third-order valence-corrected chi connectivity index (χ3v) is 3.70. The highest BCUT2D eigenvalue weighted by Crippen LogP contribution is 2.20. The number of methoxy groups -OCH3 is 1. The molecule has 0 aromatic carbocycles. The molecule has 0 aliphatic carbocycles. The molecule has 0 saturated carbocycles. The van der Waals surface area contributed by atoms with Gasteiger partial charge < -0.3 is 10.1 Å². The van der Waals surface area contributed by atoms with Crippen LogP contribution in [0, 0.1) is 0 Å². The van der Waals surface area contributed by atoms with Crippen molar-refractivity contribution in [2.75, 3.05) is 20.3 Å². The minimum atomic E-state index is 0.765. The molecular weight excluding hydrogens is 232 g/mol. The van der Waals surface area contributed by atoms with Crippen molar-refractivity contribution in [3.63, 3.8) is 0 Å². The standard InChI is InChI=1S/C13H24N2OS/c1-4-6-11-12(10-14-8-5-2)17-13(15-11)7-9-16-3/h14H,4-10H2,1-3H3. The summed E-state index contributed by atoms with van der Waals surface area (Å²) in [4.78, 5) is 6.12. The maximum Gasteiger partial charge on any atom is 0.0954 e. The molecule has 4 heteroatoms. The molecule has 1 N–H and O–H groups in total. The first-order valence-electron chi connectivity index (χ1n) is 6.48. The van der Waals surface area contributed by atoms with E-state index in [9.17, 15) is 0 Å². The molecule has 3 nitrogen and oxygen atoms in total. The van der Waals surface area contributed by atoms with Crippen LogP contribution in [0.4, 0.5) is 0 Å². The van der Waals surface area contributed by atoms with Gasteiger partial charge in [0.15, 0.2) is 0 Å². The molecule has 1 aromatic rings. The lowest BCUT2D eigenvalue weighted by Crippen LogP contribution is -2.13. The van der Waals surface area contributed by atoms with Crippen molar-refractivity contribution >= 4 is 11.3 Å². The number of hydrogen-bond acceptors (Lipinski definition) is 4. The predicted octanol–water partition coefficient (Wildman–Crippen LogP) is 2.78. The van der Waals surface area contributed by atoms with Crippen LogP contribution in [0.25, 0.3) is 0 Å². The van der Waals surface area contributed by atoms with Crippen molar-refractivity contribution in [1.82, 2.24) is 10.3 Å². The number of nitrogens with zero attached hydrogens (tertiary/aromatic N) is 1. The van der Waals surface area contributed by atoms with Crippen molar-refractivity contribution < 1.29 is 4.74 Å². The van der Waals surface area contributed by atoms with Crippen molar-refractivity contribution in [3.8, 4) is 0 Å². The van der Waals surface area contributed by atoms with Crippen molar-refractivity contribution in [2.45, 2.75) is 46.1 Å². The van der Waals surface area contributed by atoms with Crippen LogP contribution in [0.1, 0.15) is 42.3 Å². The quantitative estimate of drug-likeness (QED) is 0.690. The van der Waals surface area contributed by atoms with Gasteiger partial charge in [0.05, 0.1) is 17.3 Å². The second kappa shape index (κ2) is 8.61. The fraction of sp³-hybridized carbons (Fsp3) is 0.769. The number of aromatic nitrogens is 1. The maximum absolute atomic E-state index is 5.10. The molecule has 0 amide bonds. The summed E-state index contributed by atoms with van der Waals surface area (Å²) >= 11 is 1.84. The number of aryl methyl sites for hydroxylation is 1. The first kappa shape index (κ1) is 14.6. The van der Waals surface area contributed by atoms with E-state index in [4.69, 9.17) is 9.72 Å². The lowest BCUT2D eigenvalue weighted by atomic mass is 10.2. The fourth-order valence-electron chi connectivity index (χ4n) is 1.68. The van der Waals surface area contributed by atoms with Gasteiger partial charge in [-0.05, 0) is 19.4 Å². The second-order valence-corrected chi connectivity index (χ2v) is 5.32. The molecule has 0 radical (unpaired) electrons. The molecule has 0 aliphatic heterocycles. The Hall–Kier alpha value is -0.450. The molecule has 17 heavy (non-hydrogen) atoms. The van der Waals surface area contributed by atoms with Gasteiger partial charge in [-0.1, -0.05) is 20.3 Å². The Labute approximate surface area is 109 Å². The minimum absolute atomic E-state index is 0.765. The predicted molar refractivity (Wildman–Crippen MR) is 73.7 cm³/mol. The summed E-state index contributed by atoms with van der Waals surface area (Å²) in [7, 11) is 1.74. The van der Waals surface area contributed by atoms with Crippen LogP contribution in [0.2, 0.25) is 0 Å². The first-order valence-corrected chi connectivity index (χ1v) is 7.30. The molecule has 0 bridgehead atoms. The number of thiazole rings is 1. The second-order valence-electron chi connectivity index (χ2n) is 4.15.